The second-order valence-electron chi connectivity index (χ2n) is 34.1. The van der Waals surface area contributed by atoms with Gasteiger partial charge in [-0.1, -0.05) is 242 Å². The van der Waals surface area contributed by atoms with Gasteiger partial charge in [0.25, 0.3) is 11.1 Å². The number of halogens is 2. The summed E-state index contributed by atoms with van der Waals surface area (Å²) in [6.07, 6.45) is -8.58. The molecule has 0 bridgehead atoms. The van der Waals surface area contributed by atoms with E-state index in [-0.39, 0.29) is 60.4 Å². The van der Waals surface area contributed by atoms with Crippen molar-refractivity contribution < 1.29 is 103 Å². The van der Waals surface area contributed by atoms with Crippen LogP contribution in [0.3, 0.4) is 0 Å². The standard InChI is InChI=1S/2C57H52ClN2O13P.Ba/c2*1-65-45-25-15-40(16-26-45)56(38-11-7-5-8-12-38,41-17-27-46(66-2)28-18-41)71-52-50(37-69-74(63,64)73-49-33-23-44(58)24-34-49)70-54(60-36-35-51(61)59-55(60)62)53(52)72-57(39-13-9-6-10-14-39,42-19-29-47(67-3)30-20-42)43-21-31-48(68-4)32-22-43;/h2*5-36,50,52-54H,37H2,1-4H3,(H,63,64)(H,59,61,62);/t2*50-,52-,53-,54-;/m11./s1. The van der Waals surface area contributed by atoms with Gasteiger partial charge in [0.1, 0.15) is 117 Å². The van der Waals surface area contributed by atoms with Gasteiger partial charge in [-0.15, -0.1) is 0 Å². The fraction of sp³-hybridized carbons (Fsp3) is 0.193. The van der Waals surface area contributed by atoms with Crippen LogP contribution in [0.25, 0.3) is 0 Å². The van der Waals surface area contributed by atoms with Crippen LogP contribution < -0.4 is 69.4 Å². The second-order valence-corrected chi connectivity index (χ2v) is 37.8. The van der Waals surface area contributed by atoms with Crippen molar-refractivity contribution in [1.82, 2.24) is 19.1 Å². The van der Waals surface area contributed by atoms with Crippen LogP contribution in [-0.4, -0.2) is 184 Å². The molecule has 4 heterocycles. The van der Waals surface area contributed by atoms with E-state index in [0.29, 0.717) is 123 Å². The van der Waals surface area contributed by atoms with Gasteiger partial charge in [0, 0.05) is 83.5 Å². The maximum atomic E-state index is 14.3. The van der Waals surface area contributed by atoms with Crippen molar-refractivity contribution in [3.8, 4) is 57.5 Å². The van der Waals surface area contributed by atoms with Crippen LogP contribution in [0.1, 0.15) is 79.2 Å². The van der Waals surface area contributed by atoms with E-state index in [1.54, 1.807) is 56.9 Å². The number of phosphoric acid groups is 2. The normalized spacial score (nSPS) is 17.4. The fourth-order valence-electron chi connectivity index (χ4n) is 18.5. The molecule has 0 aliphatic carbocycles. The van der Waals surface area contributed by atoms with Crippen LogP contribution in [0.4, 0.5) is 0 Å². The number of nitrogens with one attached hydrogen (secondary N) is 2. The molecule has 2 aliphatic heterocycles. The minimum absolute atomic E-state index is 0. The van der Waals surface area contributed by atoms with E-state index in [9.17, 15) is 38.1 Å². The van der Waals surface area contributed by atoms with Crippen molar-refractivity contribution in [1.29, 1.82) is 0 Å². The average molecular weight is 2220 g/mol. The van der Waals surface area contributed by atoms with Gasteiger partial charge < -0.3 is 75.4 Å². The monoisotopic (exact) mass is 2210 g/mol. The van der Waals surface area contributed by atoms with Crippen LogP contribution in [0.5, 0.6) is 57.5 Å². The maximum Gasteiger partial charge on any atom is 0.527 e. The first-order valence-corrected chi connectivity index (χ1v) is 50.4. The molecule has 0 spiro atoms. The molecule has 149 heavy (non-hydrogen) atoms. The Morgan fingerprint density at radius 2 is 0.463 bits per heavy atom. The van der Waals surface area contributed by atoms with Crippen molar-refractivity contribution in [2.24, 2.45) is 0 Å². The number of hydrogen-bond acceptors (Lipinski definition) is 24. The summed E-state index contributed by atoms with van der Waals surface area (Å²) in [6.45, 7) is -1.33. The van der Waals surface area contributed by atoms with Crippen LogP contribution in [0, 0.1) is 0 Å². The molecule has 2 fully saturated rings. The Morgan fingerprint density at radius 1 is 0.275 bits per heavy atom. The molecule has 4 N–H and O–H groups in total. The molecular formula is C114H104BaCl2N4O26P2. The molecule has 2 saturated heterocycles. The molecule has 2 aromatic heterocycles. The van der Waals surface area contributed by atoms with Gasteiger partial charge in [-0.3, -0.25) is 47.5 Å². The Bertz CT molecular complexity index is 6840. The van der Waals surface area contributed by atoms with E-state index in [4.69, 9.17) is 108 Å². The van der Waals surface area contributed by atoms with Crippen molar-refractivity contribution in [2.45, 2.75) is 71.5 Å². The molecule has 762 valence electrons. The largest absolute Gasteiger partial charge is 0.527 e. The van der Waals surface area contributed by atoms with Crippen molar-refractivity contribution in [3.63, 3.8) is 0 Å². The zero-order chi connectivity index (χ0) is 104. The van der Waals surface area contributed by atoms with E-state index < -0.39 is 123 Å². The molecule has 30 nitrogen and oxygen atoms in total. The molecule has 14 aromatic carbocycles. The SMILES string of the molecule is COc1ccc(C(O[C@@H]2[C@H](OC(c3ccccc3)(c3ccc(OC)cc3)c3ccc(OC)cc3)[C@@H](COP(=O)(O)Oc3ccc(Cl)cc3)O[C@H]2n2ccc(=O)[nH]c2=O)(c2ccccc2)c2ccc(OC)cc2)cc1.COc1ccc(C(O[C@@H]2[C@H](OC(c3ccccc3)(c3ccc(OC)cc3)c3ccc(OC)cc3)[C@@H](COP(=O)(O)Oc3ccc(Cl)cc3)O[C@H]2n2ccc(=O)[nH]c2=O)(c2ccccc2)c2ccc(OC)cc2)cc1.[Ba]. The Labute approximate surface area is 908 Å². The number of aromatic amines is 2. The molecule has 2 radical (unpaired) electrons. The zero-order valence-electron chi connectivity index (χ0n) is 81.9. The van der Waals surface area contributed by atoms with Gasteiger partial charge in [-0.2, -0.15) is 0 Å². The number of methoxy groups -OCH3 is 8. The van der Waals surface area contributed by atoms with Crippen molar-refractivity contribution in [2.75, 3.05) is 70.1 Å². The maximum absolute atomic E-state index is 14.3. The fourth-order valence-corrected chi connectivity index (χ4v) is 20.3. The van der Waals surface area contributed by atoms with Gasteiger partial charge in [0.2, 0.25) is 0 Å². The molecule has 18 rings (SSSR count). The Balaban J connectivity index is 0.000000211. The number of nitrogens with zero attached hydrogens (tertiary/aromatic N) is 2. The first-order valence-electron chi connectivity index (χ1n) is 46.7. The average Bonchev–Trinajstić information content (AvgIpc) is 1.65. The van der Waals surface area contributed by atoms with E-state index >= 15 is 0 Å². The van der Waals surface area contributed by atoms with Gasteiger partial charge in [0.15, 0.2) is 12.5 Å². The van der Waals surface area contributed by atoms with Crippen LogP contribution in [0.15, 0.2) is 408 Å². The number of ether oxygens (including phenoxy) is 14. The number of benzene rings is 14. The topological polar surface area (TPSA) is 350 Å². The molecular weight excluding hydrogens is 2110 g/mol. The van der Waals surface area contributed by atoms with Gasteiger partial charge in [0.05, 0.1) is 70.1 Å². The van der Waals surface area contributed by atoms with Crippen LogP contribution in [-0.2, 0) is 69.0 Å². The molecule has 0 amide bonds. The molecule has 16 aromatic rings. The van der Waals surface area contributed by atoms with E-state index in [0.717, 1.165) is 0 Å². The van der Waals surface area contributed by atoms with E-state index in [1.165, 1.54) is 82.2 Å². The third-order valence-corrected chi connectivity index (χ3v) is 28.0. The van der Waals surface area contributed by atoms with Crippen LogP contribution in [0.2, 0.25) is 10.0 Å². The molecule has 10 atom stereocenters. The molecule has 2 unspecified atom stereocenters. The predicted octanol–water partition coefficient (Wildman–Crippen LogP) is 19.8. The van der Waals surface area contributed by atoms with Gasteiger partial charge in [-0.25, -0.2) is 18.7 Å². The first-order chi connectivity index (χ1) is 71.8. The smallest absolute Gasteiger partial charge is 0.497 e. The number of aromatic nitrogens is 4. The summed E-state index contributed by atoms with van der Waals surface area (Å²) in [6, 6.07) is 111. The molecule has 35 heteroatoms. The molecule has 0 saturated carbocycles. The molecule has 2 aliphatic rings. The first kappa shape index (κ1) is 108. The van der Waals surface area contributed by atoms with Gasteiger partial charge >= 0.3 is 27.0 Å². The Hall–Kier alpha value is -13.3. The Kier molecular flexibility index (Phi) is 35.3. The van der Waals surface area contributed by atoms with Crippen molar-refractivity contribution >= 4 is 87.7 Å². The number of hydrogen-bond donors (Lipinski definition) is 4. The number of H-pyrrole nitrogens is 2. The number of phosphoric ester groups is 2. The second kappa shape index (κ2) is 48.5. The predicted molar refractivity (Wildman–Crippen MR) is 561 cm³/mol. The third kappa shape index (κ3) is 23.9. The minimum Gasteiger partial charge on any atom is -0.497 e. The Morgan fingerprint density at radius 3 is 0.658 bits per heavy atom. The third-order valence-electron chi connectivity index (χ3n) is 25.6. The number of rotatable bonds is 40. The summed E-state index contributed by atoms with van der Waals surface area (Å²) < 4.78 is 144. The quantitative estimate of drug-likeness (QED) is 0.0157. The van der Waals surface area contributed by atoms with Crippen LogP contribution >= 0.6 is 38.8 Å². The minimum atomic E-state index is -4.97. The summed E-state index contributed by atoms with van der Waals surface area (Å²) in [5.41, 5.74) is -1.77. The summed E-state index contributed by atoms with van der Waals surface area (Å²) in [4.78, 5) is 81.6. The zero-order valence-corrected chi connectivity index (χ0v) is 89.7. The summed E-state index contributed by atoms with van der Waals surface area (Å²) in [7, 11) is 2.64. The summed E-state index contributed by atoms with van der Waals surface area (Å²) in [5.74, 6) is 4.62. The summed E-state index contributed by atoms with van der Waals surface area (Å²) >= 11 is 12.2. The van der Waals surface area contributed by atoms with E-state index in [1.807, 2.05) is 315 Å². The summed E-state index contributed by atoms with van der Waals surface area (Å²) in [5, 5.41) is 0.762. The van der Waals surface area contributed by atoms with Gasteiger partial charge in [-0.05, 0) is 212 Å². The van der Waals surface area contributed by atoms with Crippen molar-refractivity contribution in [3.05, 3.63) is 507 Å². The van der Waals surface area contributed by atoms with E-state index in [2.05, 4.69) is 9.97 Å².